The second-order valence-electron chi connectivity index (χ2n) is 3.62. The van der Waals surface area contributed by atoms with Gasteiger partial charge in [-0.15, -0.1) is 0 Å². The molecule has 0 saturated carbocycles. The van der Waals surface area contributed by atoms with Crippen LogP contribution in [0.1, 0.15) is 13.8 Å². The molecule has 0 radical (unpaired) electrons. The number of carbonyl (C=O) groups is 1. The van der Waals surface area contributed by atoms with Crippen molar-refractivity contribution in [1.29, 1.82) is 0 Å². The molecule has 10 heteroatoms. The molecule has 0 atom stereocenters. The summed E-state index contributed by atoms with van der Waals surface area (Å²) in [5.74, 6) is 0. The zero-order valence-electron chi connectivity index (χ0n) is 10.5. The minimum Gasteiger partial charge on any atom is -0.741 e. The van der Waals surface area contributed by atoms with Gasteiger partial charge in [-0.25, -0.2) is 8.42 Å². The van der Waals surface area contributed by atoms with Crippen molar-refractivity contribution < 1.29 is 40.2 Å². The van der Waals surface area contributed by atoms with Crippen molar-refractivity contribution in [2.75, 3.05) is 0 Å². The van der Waals surface area contributed by atoms with E-state index in [0.29, 0.717) is 0 Å². The van der Waals surface area contributed by atoms with Crippen LogP contribution in [0.15, 0.2) is 30.6 Å². The molecule has 20 heavy (non-hydrogen) atoms. The van der Waals surface area contributed by atoms with Crippen LogP contribution in [0.2, 0.25) is 0 Å². The molecule has 1 rings (SSSR count). The lowest BCUT2D eigenvalue weighted by atomic mass is 10.5. The van der Waals surface area contributed by atoms with Crippen LogP contribution < -0.4 is 4.57 Å². The Kier molecular flexibility index (Phi) is 6.59. The quantitative estimate of drug-likeness (QED) is 0.444. The van der Waals surface area contributed by atoms with Gasteiger partial charge in [-0.3, -0.25) is 0 Å². The molecule has 0 amide bonds. The molecule has 0 fully saturated rings. The molecule has 0 bridgehead atoms. The molecule has 0 aliphatic rings. The van der Waals surface area contributed by atoms with Crippen molar-refractivity contribution >= 4 is 16.2 Å². The number of pyridine rings is 1. The lowest BCUT2D eigenvalue weighted by Crippen LogP contribution is -2.43. The first-order chi connectivity index (χ1) is 8.95. The van der Waals surface area contributed by atoms with Crippen LogP contribution >= 0.6 is 0 Å². The summed E-state index contributed by atoms with van der Waals surface area (Å²) < 4.78 is 65.3. The molecule has 0 aliphatic carbocycles. The molecule has 1 heterocycles. The highest BCUT2D eigenvalue weighted by Crippen LogP contribution is 2.20. The van der Waals surface area contributed by atoms with E-state index in [2.05, 4.69) is 0 Å². The van der Waals surface area contributed by atoms with Gasteiger partial charge in [-0.2, -0.15) is 18.0 Å². The van der Waals surface area contributed by atoms with Crippen LogP contribution in [0.25, 0.3) is 0 Å². The average Bonchev–Trinajstić information content (AvgIpc) is 2.27. The van der Waals surface area contributed by atoms with Crippen LogP contribution in [0.4, 0.5) is 18.0 Å². The summed E-state index contributed by atoms with van der Waals surface area (Å²) in [7, 11) is -6.09. The van der Waals surface area contributed by atoms with Crippen LogP contribution in [0, 0.1) is 0 Å². The van der Waals surface area contributed by atoms with E-state index in [-0.39, 0.29) is 12.2 Å². The number of halogens is 3. The zero-order chi connectivity index (χ0) is 16.0. The van der Waals surface area contributed by atoms with Gasteiger partial charge < -0.3 is 9.29 Å². The fraction of sp³-hybridized carbons (Fsp3) is 0.400. The molecule has 1 aromatic rings. The maximum Gasteiger partial charge on any atom is 0.602 e. The van der Waals surface area contributed by atoms with E-state index in [1.807, 2.05) is 19.9 Å². The highest BCUT2D eigenvalue weighted by molar-refractivity contribution is 7.86. The van der Waals surface area contributed by atoms with Crippen molar-refractivity contribution in [3.05, 3.63) is 30.6 Å². The van der Waals surface area contributed by atoms with E-state index in [1.54, 1.807) is 24.5 Å². The van der Waals surface area contributed by atoms with E-state index in [4.69, 9.17) is 17.7 Å². The van der Waals surface area contributed by atoms with E-state index < -0.39 is 15.6 Å². The first-order valence-electron chi connectivity index (χ1n) is 5.14. The summed E-state index contributed by atoms with van der Waals surface area (Å²) in [6, 6.07) is 5.41. The molecular weight excluding hydrogens is 303 g/mol. The first kappa shape index (κ1) is 18.3. The molecule has 114 valence electrons. The Morgan fingerprint density at radius 3 is 1.90 bits per heavy atom. The maximum atomic E-state index is 11.2. The smallest absolute Gasteiger partial charge is 0.602 e. The van der Waals surface area contributed by atoms with Crippen LogP contribution in [-0.2, 0) is 14.9 Å². The van der Waals surface area contributed by atoms with Crippen molar-refractivity contribution in [3.63, 3.8) is 0 Å². The minimum atomic E-state index is -6.09. The number of hydrogen-bond donors (Lipinski definition) is 0. The monoisotopic (exact) mass is 315 g/mol. The number of nitrogens with zero attached hydrogens (tertiary/aromatic N) is 1. The SMILES string of the molecule is CC(C)OC(=O)[n+]1ccccc1.O=S(=O)([O-])C(F)(F)F. The molecule has 0 aliphatic heterocycles. The standard InChI is InChI=1S/C9H12NO2.CHF3O3S/c1-8(2)12-9(11)10-6-4-3-5-7-10;2-1(3,4)8(5,6)7/h3-8H,1-2H3;(H,5,6,7)/q+1;/p-1. The normalized spacial score (nSPS) is 11.6. The Labute approximate surface area is 113 Å². The Hall–Kier alpha value is -1.68. The fourth-order valence-electron chi connectivity index (χ4n) is 0.783. The summed E-state index contributed by atoms with van der Waals surface area (Å²) in [5.41, 5.74) is -5.65. The maximum absolute atomic E-state index is 11.2. The summed E-state index contributed by atoms with van der Waals surface area (Å²) in [4.78, 5) is 11.2. The predicted molar refractivity (Wildman–Crippen MR) is 59.4 cm³/mol. The molecule has 1 aromatic heterocycles. The molecule has 0 saturated heterocycles. The van der Waals surface area contributed by atoms with E-state index in [0.717, 1.165) is 0 Å². The Morgan fingerprint density at radius 2 is 1.60 bits per heavy atom. The van der Waals surface area contributed by atoms with Crippen molar-refractivity contribution in [2.45, 2.75) is 25.5 Å². The molecule has 6 nitrogen and oxygen atoms in total. The fourth-order valence-corrected chi connectivity index (χ4v) is 0.783. The zero-order valence-corrected chi connectivity index (χ0v) is 11.3. The van der Waals surface area contributed by atoms with Crippen molar-refractivity contribution in [1.82, 2.24) is 0 Å². The van der Waals surface area contributed by atoms with Crippen molar-refractivity contribution in [2.24, 2.45) is 0 Å². The number of rotatable bonds is 1. The van der Waals surface area contributed by atoms with Gasteiger partial charge in [0.1, 0.15) is 6.10 Å². The third-order valence-electron chi connectivity index (χ3n) is 1.55. The molecular formula is C10H12F3NO5S. The number of alkyl halides is 3. The van der Waals surface area contributed by atoms with Gasteiger partial charge in [-0.05, 0) is 13.8 Å². The average molecular weight is 315 g/mol. The van der Waals surface area contributed by atoms with E-state index in [1.165, 1.54) is 4.57 Å². The number of aromatic nitrogens is 1. The summed E-state index contributed by atoms with van der Waals surface area (Å²) in [5, 5.41) is 0. The van der Waals surface area contributed by atoms with Gasteiger partial charge in [-0.1, -0.05) is 10.6 Å². The number of ether oxygens (including phenoxy) is 1. The summed E-state index contributed by atoms with van der Waals surface area (Å²) in [6.45, 7) is 3.64. The third-order valence-corrected chi connectivity index (χ3v) is 2.11. The van der Waals surface area contributed by atoms with Gasteiger partial charge in [0.05, 0.1) is 0 Å². The number of hydrogen-bond acceptors (Lipinski definition) is 5. The highest BCUT2D eigenvalue weighted by Gasteiger charge is 2.36. The van der Waals surface area contributed by atoms with E-state index in [9.17, 15) is 18.0 Å². The Morgan fingerprint density at radius 1 is 1.20 bits per heavy atom. The lowest BCUT2D eigenvalue weighted by molar-refractivity contribution is -0.587. The van der Waals surface area contributed by atoms with Crippen LogP contribution in [-0.4, -0.2) is 30.7 Å². The Balaban J connectivity index is 0.000000396. The Bertz CT molecular complexity index is 528. The molecule has 0 aromatic carbocycles. The first-order valence-corrected chi connectivity index (χ1v) is 6.55. The largest absolute Gasteiger partial charge is 0.741 e. The van der Waals surface area contributed by atoms with Crippen molar-refractivity contribution in [3.8, 4) is 0 Å². The topological polar surface area (TPSA) is 87.4 Å². The van der Waals surface area contributed by atoms with Crippen LogP contribution in [0.5, 0.6) is 0 Å². The van der Waals surface area contributed by atoms with Gasteiger partial charge in [0, 0.05) is 12.1 Å². The lowest BCUT2D eigenvalue weighted by Gasteiger charge is -2.08. The van der Waals surface area contributed by atoms with Gasteiger partial charge in [0.15, 0.2) is 22.5 Å². The summed E-state index contributed by atoms with van der Waals surface area (Å²) in [6.07, 6.45) is 2.89. The molecule has 0 N–H and O–H groups in total. The minimum absolute atomic E-state index is 0.0785. The third kappa shape index (κ3) is 7.04. The second-order valence-corrected chi connectivity index (χ2v) is 4.99. The predicted octanol–water partition coefficient (Wildman–Crippen LogP) is 1.42. The van der Waals surface area contributed by atoms with Gasteiger partial charge >= 0.3 is 11.6 Å². The highest BCUT2D eigenvalue weighted by atomic mass is 32.2. The molecule has 0 spiro atoms. The summed E-state index contributed by atoms with van der Waals surface area (Å²) >= 11 is 0. The van der Waals surface area contributed by atoms with Crippen LogP contribution in [0.3, 0.4) is 0 Å². The van der Waals surface area contributed by atoms with Gasteiger partial charge in [0.25, 0.3) is 0 Å². The van der Waals surface area contributed by atoms with E-state index >= 15 is 0 Å². The number of carbonyl (C=O) groups excluding carboxylic acids is 1. The molecule has 0 unspecified atom stereocenters. The van der Waals surface area contributed by atoms with Gasteiger partial charge in [0.2, 0.25) is 0 Å². The second kappa shape index (κ2) is 7.20.